The first-order chi connectivity index (χ1) is 13.1. The van der Waals surface area contributed by atoms with Crippen molar-refractivity contribution in [1.82, 2.24) is 19.4 Å². The number of hydrogen-bond acceptors (Lipinski definition) is 3. The number of nitrogens with zero attached hydrogens (tertiary/aromatic N) is 4. The number of nitrogens with one attached hydrogen (secondary N) is 1. The van der Waals surface area contributed by atoms with Crippen molar-refractivity contribution in [2.45, 2.75) is 33.2 Å². The third-order valence-corrected chi connectivity index (χ3v) is 5.39. The maximum atomic E-state index is 12.7. The number of benzene rings is 1. The summed E-state index contributed by atoms with van der Waals surface area (Å²) in [5.41, 5.74) is 5.10. The first-order valence-corrected chi connectivity index (χ1v) is 9.49. The maximum absolute atomic E-state index is 12.7. The summed E-state index contributed by atoms with van der Waals surface area (Å²) in [7, 11) is 0. The topological polar surface area (TPSA) is 63.1 Å². The number of imidazole rings is 1. The number of urea groups is 1. The van der Waals surface area contributed by atoms with Gasteiger partial charge in [0, 0.05) is 31.5 Å². The van der Waals surface area contributed by atoms with E-state index in [0.717, 1.165) is 49.3 Å². The van der Waals surface area contributed by atoms with Crippen molar-refractivity contribution in [1.29, 1.82) is 0 Å². The molecule has 27 heavy (non-hydrogen) atoms. The largest absolute Gasteiger partial charge is 0.324 e. The summed E-state index contributed by atoms with van der Waals surface area (Å²) in [4.78, 5) is 23.5. The number of anilines is 1. The second-order valence-corrected chi connectivity index (χ2v) is 7.43. The Balaban J connectivity index is 1.41. The molecule has 2 amide bonds. The van der Waals surface area contributed by atoms with Gasteiger partial charge in [0.2, 0.25) is 0 Å². The van der Waals surface area contributed by atoms with Gasteiger partial charge in [0.25, 0.3) is 0 Å². The minimum Gasteiger partial charge on any atom is -0.324 e. The van der Waals surface area contributed by atoms with Crippen molar-refractivity contribution in [3.8, 4) is 0 Å². The monoisotopic (exact) mass is 363 g/mol. The fraction of sp³-hybridized carbons (Fsp3) is 0.381. The smallest absolute Gasteiger partial charge is 0.321 e. The van der Waals surface area contributed by atoms with Crippen LogP contribution >= 0.6 is 0 Å². The van der Waals surface area contributed by atoms with Gasteiger partial charge in [0.1, 0.15) is 5.52 Å². The highest BCUT2D eigenvalue weighted by Gasteiger charge is 2.24. The SMILES string of the molecule is Cc1ccc(NC(=O)N2CCCC(Cn3cnc4cccnc43)C2)cc1C. The number of carbonyl (C=O) groups excluding carboxylic acids is 1. The van der Waals surface area contributed by atoms with E-state index in [1.165, 1.54) is 11.1 Å². The zero-order valence-corrected chi connectivity index (χ0v) is 15.9. The quantitative estimate of drug-likeness (QED) is 0.765. The normalized spacial score (nSPS) is 17.3. The predicted octanol–water partition coefficient (Wildman–Crippen LogP) is 3.99. The lowest BCUT2D eigenvalue weighted by Crippen LogP contribution is -2.43. The molecule has 1 saturated heterocycles. The van der Waals surface area contributed by atoms with Crippen LogP contribution in [0.15, 0.2) is 42.9 Å². The number of piperidine rings is 1. The Morgan fingerprint density at radius 3 is 2.96 bits per heavy atom. The molecular formula is C21H25N5O. The number of rotatable bonds is 3. The molecule has 0 bridgehead atoms. The van der Waals surface area contributed by atoms with Gasteiger partial charge < -0.3 is 14.8 Å². The number of aryl methyl sites for hydroxylation is 2. The summed E-state index contributed by atoms with van der Waals surface area (Å²) < 4.78 is 2.10. The van der Waals surface area contributed by atoms with Crippen LogP contribution in [0.1, 0.15) is 24.0 Å². The number of likely N-dealkylation sites (tertiary alicyclic amines) is 1. The van der Waals surface area contributed by atoms with Crippen molar-refractivity contribution in [2.24, 2.45) is 5.92 Å². The van der Waals surface area contributed by atoms with Gasteiger partial charge in [-0.1, -0.05) is 6.07 Å². The highest BCUT2D eigenvalue weighted by molar-refractivity contribution is 5.89. The van der Waals surface area contributed by atoms with Gasteiger partial charge in [0.05, 0.1) is 6.33 Å². The van der Waals surface area contributed by atoms with Gasteiger partial charge in [0.15, 0.2) is 5.65 Å². The lowest BCUT2D eigenvalue weighted by molar-refractivity contribution is 0.171. The van der Waals surface area contributed by atoms with Crippen molar-refractivity contribution < 1.29 is 4.79 Å². The molecule has 1 unspecified atom stereocenters. The fourth-order valence-electron chi connectivity index (χ4n) is 3.73. The molecule has 3 aromatic rings. The predicted molar refractivity (Wildman–Crippen MR) is 107 cm³/mol. The first-order valence-electron chi connectivity index (χ1n) is 9.49. The minimum absolute atomic E-state index is 0.0171. The third-order valence-electron chi connectivity index (χ3n) is 5.39. The van der Waals surface area contributed by atoms with Crippen LogP contribution in [0.3, 0.4) is 0 Å². The molecule has 1 fully saturated rings. The molecule has 6 heteroatoms. The van der Waals surface area contributed by atoms with Crippen LogP contribution in [0.5, 0.6) is 0 Å². The molecule has 0 aliphatic carbocycles. The van der Waals surface area contributed by atoms with Crippen molar-refractivity contribution in [2.75, 3.05) is 18.4 Å². The number of fused-ring (bicyclic) bond motifs is 1. The van der Waals surface area contributed by atoms with Crippen LogP contribution in [0.25, 0.3) is 11.2 Å². The van der Waals surface area contributed by atoms with E-state index in [0.29, 0.717) is 5.92 Å². The van der Waals surface area contributed by atoms with Crippen molar-refractivity contribution >= 4 is 22.9 Å². The maximum Gasteiger partial charge on any atom is 0.321 e. The highest BCUT2D eigenvalue weighted by Crippen LogP contribution is 2.22. The molecule has 0 spiro atoms. The average molecular weight is 363 g/mol. The lowest BCUT2D eigenvalue weighted by atomic mass is 9.98. The molecule has 0 saturated carbocycles. The Bertz CT molecular complexity index is 964. The number of aromatic nitrogens is 3. The number of carbonyl (C=O) groups is 1. The Morgan fingerprint density at radius 1 is 1.22 bits per heavy atom. The molecule has 1 atom stereocenters. The molecule has 1 aromatic carbocycles. The van der Waals surface area contributed by atoms with Crippen LogP contribution in [0.2, 0.25) is 0 Å². The lowest BCUT2D eigenvalue weighted by Gasteiger charge is -2.33. The van der Waals surface area contributed by atoms with E-state index >= 15 is 0 Å². The summed E-state index contributed by atoms with van der Waals surface area (Å²) in [6.45, 7) is 6.52. The van der Waals surface area contributed by atoms with Crippen molar-refractivity contribution in [3.05, 3.63) is 54.0 Å². The van der Waals surface area contributed by atoms with E-state index in [9.17, 15) is 4.79 Å². The molecule has 2 aromatic heterocycles. The highest BCUT2D eigenvalue weighted by atomic mass is 16.2. The second-order valence-electron chi connectivity index (χ2n) is 7.43. The molecule has 6 nitrogen and oxygen atoms in total. The summed E-state index contributed by atoms with van der Waals surface area (Å²) >= 11 is 0. The zero-order chi connectivity index (χ0) is 18.8. The van der Waals surface area contributed by atoms with E-state index in [1.54, 1.807) is 6.20 Å². The van der Waals surface area contributed by atoms with E-state index in [-0.39, 0.29) is 6.03 Å². The summed E-state index contributed by atoms with van der Waals surface area (Å²) in [5, 5.41) is 3.04. The average Bonchev–Trinajstić information content (AvgIpc) is 3.08. The van der Waals surface area contributed by atoms with Gasteiger partial charge in [-0.15, -0.1) is 0 Å². The molecule has 1 N–H and O–H groups in total. The third kappa shape index (κ3) is 3.79. The standard InChI is InChI=1S/C21H25N5O/c1-15-7-8-18(11-16(15)2)24-21(27)25-10-4-5-17(12-25)13-26-14-23-19-6-3-9-22-20(19)26/h3,6-9,11,14,17H,4-5,10,12-13H2,1-2H3,(H,24,27). The Morgan fingerprint density at radius 2 is 2.11 bits per heavy atom. The zero-order valence-electron chi connectivity index (χ0n) is 15.9. The molecule has 0 radical (unpaired) electrons. The molecule has 4 rings (SSSR count). The Labute approximate surface area is 159 Å². The van der Waals surface area contributed by atoms with E-state index in [1.807, 2.05) is 41.6 Å². The van der Waals surface area contributed by atoms with Gasteiger partial charge >= 0.3 is 6.03 Å². The minimum atomic E-state index is -0.0171. The van der Waals surface area contributed by atoms with Crippen molar-refractivity contribution in [3.63, 3.8) is 0 Å². The van der Waals surface area contributed by atoms with E-state index in [2.05, 4.69) is 33.7 Å². The molecule has 140 valence electrons. The van der Waals surface area contributed by atoms with Gasteiger partial charge in [-0.3, -0.25) is 0 Å². The molecule has 1 aliphatic heterocycles. The Kier molecular flexibility index (Phi) is 4.79. The van der Waals surface area contributed by atoms with Crippen LogP contribution in [0, 0.1) is 19.8 Å². The number of amides is 2. The van der Waals surface area contributed by atoms with E-state index in [4.69, 9.17) is 0 Å². The van der Waals surface area contributed by atoms with E-state index < -0.39 is 0 Å². The number of hydrogen-bond donors (Lipinski definition) is 1. The van der Waals surface area contributed by atoms with Crippen LogP contribution < -0.4 is 5.32 Å². The number of pyridine rings is 1. The fourth-order valence-corrected chi connectivity index (χ4v) is 3.73. The van der Waals surface area contributed by atoms with Gasteiger partial charge in [-0.05, 0) is 68.0 Å². The van der Waals surface area contributed by atoms with Crippen LogP contribution in [0.4, 0.5) is 10.5 Å². The molecular weight excluding hydrogens is 338 g/mol. The summed E-state index contributed by atoms with van der Waals surface area (Å²) in [6.07, 6.45) is 5.78. The summed E-state index contributed by atoms with van der Waals surface area (Å²) in [6, 6.07) is 9.89. The summed E-state index contributed by atoms with van der Waals surface area (Å²) in [5.74, 6) is 0.406. The molecule has 3 heterocycles. The van der Waals surface area contributed by atoms with Crippen LogP contribution in [-0.2, 0) is 6.54 Å². The Hall–Kier alpha value is -2.89. The first kappa shape index (κ1) is 17.5. The van der Waals surface area contributed by atoms with Gasteiger partial charge in [-0.2, -0.15) is 0 Å². The second kappa shape index (κ2) is 7.39. The molecule has 1 aliphatic rings. The van der Waals surface area contributed by atoms with Crippen LogP contribution in [-0.4, -0.2) is 38.6 Å². The van der Waals surface area contributed by atoms with Gasteiger partial charge in [-0.25, -0.2) is 14.8 Å².